The summed E-state index contributed by atoms with van der Waals surface area (Å²) in [7, 11) is 0. The largest absolute Gasteiger partial charge is 0.481 e. The third-order valence-corrected chi connectivity index (χ3v) is 3.50. The zero-order valence-corrected chi connectivity index (χ0v) is 11.5. The molecule has 0 aliphatic rings. The molecular weight excluding hydrogens is 216 g/mol. The fraction of sp³-hybridized carbons (Fsp3) is 0.929. The number of carbonyl (C=O) groups is 1. The van der Waals surface area contributed by atoms with Gasteiger partial charge >= 0.3 is 5.97 Å². The molecule has 0 aromatic heterocycles. The molecule has 0 aliphatic carbocycles. The Morgan fingerprint density at radius 2 is 1.59 bits per heavy atom. The first-order valence-corrected chi connectivity index (χ1v) is 6.91. The summed E-state index contributed by atoms with van der Waals surface area (Å²) in [5.74, 6) is -1.50. The second kappa shape index (κ2) is 9.46. The number of carboxylic acid groups (broad SMARTS) is 1. The van der Waals surface area contributed by atoms with Gasteiger partial charge in [0, 0.05) is 0 Å². The molecule has 0 radical (unpaired) electrons. The predicted molar refractivity (Wildman–Crippen MR) is 70.0 cm³/mol. The number of aliphatic hydroxyl groups is 1. The Hall–Kier alpha value is -0.570. The van der Waals surface area contributed by atoms with Crippen LogP contribution in [0.25, 0.3) is 0 Å². The first-order valence-electron chi connectivity index (χ1n) is 6.91. The Labute approximate surface area is 105 Å². The van der Waals surface area contributed by atoms with Crippen molar-refractivity contribution in [2.45, 2.75) is 71.8 Å². The van der Waals surface area contributed by atoms with Gasteiger partial charge in [0.25, 0.3) is 0 Å². The highest BCUT2D eigenvalue weighted by Gasteiger charge is 2.25. The lowest BCUT2D eigenvalue weighted by molar-refractivity contribution is -0.146. The Balaban J connectivity index is 3.64. The third kappa shape index (κ3) is 7.37. The minimum absolute atomic E-state index is 0.0762. The van der Waals surface area contributed by atoms with Crippen LogP contribution in [0.3, 0.4) is 0 Å². The highest BCUT2D eigenvalue weighted by molar-refractivity contribution is 5.70. The Bertz CT molecular complexity index is 204. The standard InChI is InChI=1S/C14H28O3/c1-4-5-6-7-8-9-10-11(2)13(15)12(3)14(16)17/h11-13,15H,4-10H2,1-3H3,(H,16,17). The van der Waals surface area contributed by atoms with Gasteiger partial charge in [-0.25, -0.2) is 0 Å². The van der Waals surface area contributed by atoms with E-state index in [-0.39, 0.29) is 5.92 Å². The van der Waals surface area contributed by atoms with Crippen LogP contribution in [0, 0.1) is 11.8 Å². The number of unbranched alkanes of at least 4 members (excludes halogenated alkanes) is 5. The van der Waals surface area contributed by atoms with Crippen LogP contribution < -0.4 is 0 Å². The molecule has 17 heavy (non-hydrogen) atoms. The molecule has 3 nitrogen and oxygen atoms in total. The number of carboxylic acids is 1. The molecule has 3 heteroatoms. The van der Waals surface area contributed by atoms with E-state index in [1.54, 1.807) is 6.92 Å². The number of aliphatic carboxylic acids is 1. The van der Waals surface area contributed by atoms with Crippen LogP contribution in [0.1, 0.15) is 65.7 Å². The molecule has 0 spiro atoms. The van der Waals surface area contributed by atoms with Gasteiger partial charge in [-0.3, -0.25) is 4.79 Å². The van der Waals surface area contributed by atoms with Crippen molar-refractivity contribution in [2.75, 3.05) is 0 Å². The van der Waals surface area contributed by atoms with Crippen LogP contribution in [-0.2, 0) is 4.79 Å². The summed E-state index contributed by atoms with van der Waals surface area (Å²) in [6.07, 6.45) is 7.59. The molecule has 0 aliphatic heterocycles. The molecular formula is C14H28O3. The van der Waals surface area contributed by atoms with E-state index in [4.69, 9.17) is 5.11 Å². The molecule has 0 saturated heterocycles. The van der Waals surface area contributed by atoms with Crippen molar-refractivity contribution in [2.24, 2.45) is 11.8 Å². The van der Waals surface area contributed by atoms with Crippen molar-refractivity contribution in [3.05, 3.63) is 0 Å². The first kappa shape index (κ1) is 16.4. The van der Waals surface area contributed by atoms with Crippen molar-refractivity contribution < 1.29 is 15.0 Å². The van der Waals surface area contributed by atoms with Crippen molar-refractivity contribution in [3.63, 3.8) is 0 Å². The van der Waals surface area contributed by atoms with Gasteiger partial charge in [0.1, 0.15) is 0 Å². The average molecular weight is 244 g/mol. The summed E-state index contributed by atoms with van der Waals surface area (Å²) >= 11 is 0. The SMILES string of the molecule is CCCCCCCCC(C)C(O)C(C)C(=O)O. The van der Waals surface area contributed by atoms with Crippen LogP contribution in [0.4, 0.5) is 0 Å². The lowest BCUT2D eigenvalue weighted by Gasteiger charge is -2.22. The van der Waals surface area contributed by atoms with Crippen molar-refractivity contribution >= 4 is 5.97 Å². The normalized spacial score (nSPS) is 16.5. The number of hydrogen-bond donors (Lipinski definition) is 2. The number of hydrogen-bond acceptors (Lipinski definition) is 2. The van der Waals surface area contributed by atoms with Crippen molar-refractivity contribution in [3.8, 4) is 0 Å². The molecule has 0 aromatic carbocycles. The van der Waals surface area contributed by atoms with E-state index in [0.717, 1.165) is 12.8 Å². The van der Waals surface area contributed by atoms with Crippen molar-refractivity contribution in [1.82, 2.24) is 0 Å². The average Bonchev–Trinajstić information content (AvgIpc) is 2.31. The maximum Gasteiger partial charge on any atom is 0.308 e. The van der Waals surface area contributed by atoms with E-state index >= 15 is 0 Å². The summed E-state index contributed by atoms with van der Waals surface area (Å²) in [5, 5.41) is 18.6. The monoisotopic (exact) mass is 244 g/mol. The van der Waals surface area contributed by atoms with E-state index < -0.39 is 18.0 Å². The highest BCUT2D eigenvalue weighted by Crippen LogP contribution is 2.20. The smallest absolute Gasteiger partial charge is 0.308 e. The summed E-state index contributed by atoms with van der Waals surface area (Å²) < 4.78 is 0. The molecule has 0 amide bonds. The molecule has 0 fully saturated rings. The van der Waals surface area contributed by atoms with E-state index in [9.17, 15) is 9.90 Å². The van der Waals surface area contributed by atoms with Gasteiger partial charge in [0.2, 0.25) is 0 Å². The summed E-state index contributed by atoms with van der Waals surface area (Å²) in [5.41, 5.74) is 0. The van der Waals surface area contributed by atoms with E-state index in [1.165, 1.54) is 32.1 Å². The van der Waals surface area contributed by atoms with Gasteiger partial charge in [0.05, 0.1) is 12.0 Å². The van der Waals surface area contributed by atoms with Crippen LogP contribution in [0.15, 0.2) is 0 Å². The minimum Gasteiger partial charge on any atom is -0.481 e. The lowest BCUT2D eigenvalue weighted by atomic mass is 9.89. The van der Waals surface area contributed by atoms with Gasteiger partial charge < -0.3 is 10.2 Å². The zero-order chi connectivity index (χ0) is 13.3. The third-order valence-electron chi connectivity index (χ3n) is 3.50. The van der Waals surface area contributed by atoms with Crippen molar-refractivity contribution in [1.29, 1.82) is 0 Å². The van der Waals surface area contributed by atoms with Crippen LogP contribution >= 0.6 is 0 Å². The van der Waals surface area contributed by atoms with Crippen LogP contribution in [0.2, 0.25) is 0 Å². The Kier molecular flexibility index (Phi) is 9.14. The van der Waals surface area contributed by atoms with Crippen LogP contribution in [0.5, 0.6) is 0 Å². The zero-order valence-electron chi connectivity index (χ0n) is 11.5. The summed E-state index contributed by atoms with van der Waals surface area (Å²) in [6, 6.07) is 0. The maximum absolute atomic E-state index is 10.7. The summed E-state index contributed by atoms with van der Waals surface area (Å²) in [4.78, 5) is 10.7. The molecule has 3 unspecified atom stereocenters. The Morgan fingerprint density at radius 1 is 1.06 bits per heavy atom. The van der Waals surface area contributed by atoms with Gasteiger partial charge in [0.15, 0.2) is 0 Å². The molecule has 0 bridgehead atoms. The molecule has 3 atom stereocenters. The summed E-state index contributed by atoms with van der Waals surface area (Å²) in [6.45, 7) is 5.71. The fourth-order valence-corrected chi connectivity index (χ4v) is 2.06. The minimum atomic E-state index is -0.910. The topological polar surface area (TPSA) is 57.5 Å². The second-order valence-corrected chi connectivity index (χ2v) is 5.15. The molecule has 0 heterocycles. The van der Waals surface area contributed by atoms with E-state index in [0.29, 0.717) is 0 Å². The Morgan fingerprint density at radius 3 is 2.12 bits per heavy atom. The van der Waals surface area contributed by atoms with Gasteiger partial charge in [-0.05, 0) is 19.3 Å². The molecule has 0 rings (SSSR count). The second-order valence-electron chi connectivity index (χ2n) is 5.15. The van der Waals surface area contributed by atoms with Gasteiger partial charge in [-0.1, -0.05) is 52.4 Å². The number of rotatable bonds is 10. The van der Waals surface area contributed by atoms with E-state index in [1.807, 2.05) is 6.92 Å². The quantitative estimate of drug-likeness (QED) is 0.579. The molecule has 0 saturated carbocycles. The first-order chi connectivity index (χ1) is 8.00. The molecule has 2 N–H and O–H groups in total. The molecule has 102 valence electrons. The van der Waals surface area contributed by atoms with Crippen LogP contribution in [-0.4, -0.2) is 22.3 Å². The van der Waals surface area contributed by atoms with Gasteiger partial charge in [-0.2, -0.15) is 0 Å². The number of aliphatic hydroxyl groups excluding tert-OH is 1. The lowest BCUT2D eigenvalue weighted by Crippen LogP contribution is -2.31. The predicted octanol–water partition coefficient (Wildman–Crippen LogP) is 3.45. The molecule has 0 aromatic rings. The van der Waals surface area contributed by atoms with E-state index in [2.05, 4.69) is 6.92 Å². The maximum atomic E-state index is 10.7. The highest BCUT2D eigenvalue weighted by atomic mass is 16.4. The van der Waals surface area contributed by atoms with Gasteiger partial charge in [-0.15, -0.1) is 0 Å². The fourth-order valence-electron chi connectivity index (χ4n) is 2.06.